The van der Waals surface area contributed by atoms with Crippen molar-refractivity contribution in [2.24, 2.45) is 0 Å². The smallest absolute Gasteiger partial charge is 0.204 e. The van der Waals surface area contributed by atoms with Crippen molar-refractivity contribution in [1.82, 2.24) is 0 Å². The number of fused-ring (bicyclic) bond motifs is 2. The lowest BCUT2D eigenvalue weighted by Gasteiger charge is -2.27. The molecule has 122 valence electrons. The van der Waals surface area contributed by atoms with Crippen molar-refractivity contribution in [2.75, 3.05) is 0 Å². The summed E-state index contributed by atoms with van der Waals surface area (Å²) in [5, 5.41) is 0.740. The van der Waals surface area contributed by atoms with Gasteiger partial charge in [0.2, 0.25) is 5.43 Å². The fourth-order valence-corrected chi connectivity index (χ4v) is 3.48. The average molecular weight is 324 g/mol. The Balaban J connectivity index is 1.99. The summed E-state index contributed by atoms with van der Waals surface area (Å²) in [6, 6.07) is 9.44. The zero-order chi connectivity index (χ0) is 16.7. The first-order valence-electron chi connectivity index (χ1n) is 8.10. The van der Waals surface area contributed by atoms with Crippen LogP contribution in [0.1, 0.15) is 25.7 Å². The number of benzene rings is 2. The van der Waals surface area contributed by atoms with Gasteiger partial charge in [0, 0.05) is 12.1 Å². The normalized spacial score (nSPS) is 16.5. The van der Waals surface area contributed by atoms with Crippen LogP contribution in [-0.4, -0.2) is 5.60 Å². The highest BCUT2D eigenvalue weighted by atomic mass is 19.1. The van der Waals surface area contributed by atoms with Crippen LogP contribution in [0.25, 0.3) is 21.9 Å². The minimum Gasteiger partial charge on any atom is -0.482 e. The molecule has 0 atom stereocenters. The summed E-state index contributed by atoms with van der Waals surface area (Å²) in [5.74, 6) is -0.264. The fraction of sp³-hybridized carbons (Fsp3) is 0.250. The van der Waals surface area contributed by atoms with Gasteiger partial charge in [0.05, 0.1) is 5.39 Å². The molecule has 4 heteroatoms. The van der Waals surface area contributed by atoms with Gasteiger partial charge in [0.15, 0.2) is 0 Å². The van der Waals surface area contributed by atoms with Gasteiger partial charge in [-0.2, -0.15) is 0 Å². The molecule has 4 rings (SSSR count). The highest BCUT2D eigenvalue weighted by molar-refractivity contribution is 5.93. The van der Waals surface area contributed by atoms with Crippen LogP contribution in [0.5, 0.6) is 5.75 Å². The number of halogens is 1. The SMILES string of the molecule is C=CC1(Oc2cc(F)cc3oc4ccccc4c(=O)c23)CCCC1. The first-order chi connectivity index (χ1) is 11.6. The first kappa shape index (κ1) is 14.9. The Morgan fingerprint density at radius 2 is 1.92 bits per heavy atom. The Labute approximate surface area is 138 Å². The first-order valence-corrected chi connectivity index (χ1v) is 8.10. The van der Waals surface area contributed by atoms with E-state index in [0.29, 0.717) is 11.0 Å². The van der Waals surface area contributed by atoms with E-state index in [0.717, 1.165) is 25.7 Å². The highest BCUT2D eigenvalue weighted by Gasteiger charge is 2.34. The van der Waals surface area contributed by atoms with Crippen LogP contribution in [0.3, 0.4) is 0 Å². The van der Waals surface area contributed by atoms with Gasteiger partial charge in [0.25, 0.3) is 0 Å². The summed E-state index contributed by atoms with van der Waals surface area (Å²) in [5.41, 5.74) is -0.116. The molecule has 3 aromatic rings. The second kappa shape index (κ2) is 5.48. The number of hydrogen-bond donors (Lipinski definition) is 0. The van der Waals surface area contributed by atoms with Crippen LogP contribution >= 0.6 is 0 Å². The largest absolute Gasteiger partial charge is 0.482 e. The maximum absolute atomic E-state index is 14.1. The predicted molar refractivity (Wildman–Crippen MR) is 92.0 cm³/mol. The summed E-state index contributed by atoms with van der Waals surface area (Å²) >= 11 is 0. The maximum atomic E-state index is 14.1. The second-order valence-electron chi connectivity index (χ2n) is 6.28. The molecule has 1 heterocycles. The molecule has 24 heavy (non-hydrogen) atoms. The fourth-order valence-electron chi connectivity index (χ4n) is 3.48. The molecule has 1 saturated carbocycles. The number of ether oxygens (including phenoxy) is 1. The lowest BCUT2D eigenvalue weighted by Crippen LogP contribution is -2.30. The van der Waals surface area contributed by atoms with Gasteiger partial charge >= 0.3 is 0 Å². The van der Waals surface area contributed by atoms with Gasteiger partial charge in [-0.3, -0.25) is 4.79 Å². The molecule has 0 spiro atoms. The molecule has 0 aliphatic heterocycles. The summed E-state index contributed by atoms with van der Waals surface area (Å²) < 4.78 is 25.9. The summed E-state index contributed by atoms with van der Waals surface area (Å²) in [6.07, 6.45) is 5.44. The Morgan fingerprint density at radius 1 is 1.17 bits per heavy atom. The van der Waals surface area contributed by atoms with Crippen LogP contribution < -0.4 is 10.2 Å². The van der Waals surface area contributed by atoms with Crippen LogP contribution in [-0.2, 0) is 0 Å². The van der Waals surface area contributed by atoms with Gasteiger partial charge in [-0.25, -0.2) is 4.39 Å². The van der Waals surface area contributed by atoms with E-state index in [1.165, 1.54) is 12.1 Å². The van der Waals surface area contributed by atoms with Crippen molar-refractivity contribution in [1.29, 1.82) is 0 Å². The lowest BCUT2D eigenvalue weighted by molar-refractivity contribution is 0.130. The minimum atomic E-state index is -0.543. The third-order valence-corrected chi connectivity index (χ3v) is 4.74. The van der Waals surface area contributed by atoms with Crippen molar-refractivity contribution in [2.45, 2.75) is 31.3 Å². The quantitative estimate of drug-likeness (QED) is 0.505. The molecule has 0 amide bonds. The van der Waals surface area contributed by atoms with Crippen molar-refractivity contribution < 1.29 is 13.5 Å². The maximum Gasteiger partial charge on any atom is 0.204 e. The molecule has 0 bridgehead atoms. The average Bonchev–Trinajstić information content (AvgIpc) is 3.03. The molecule has 0 N–H and O–H groups in total. The molecule has 1 aliphatic carbocycles. The lowest BCUT2D eigenvalue weighted by atomic mass is 10.0. The van der Waals surface area contributed by atoms with E-state index in [9.17, 15) is 9.18 Å². The van der Waals surface area contributed by atoms with Crippen molar-refractivity contribution in [3.63, 3.8) is 0 Å². The third-order valence-electron chi connectivity index (χ3n) is 4.74. The predicted octanol–water partition coefficient (Wildman–Crippen LogP) is 4.96. The monoisotopic (exact) mass is 324 g/mol. The van der Waals surface area contributed by atoms with Gasteiger partial charge in [-0.05, 0) is 43.9 Å². The van der Waals surface area contributed by atoms with Gasteiger partial charge in [0.1, 0.15) is 33.7 Å². The molecular formula is C20H17FO3. The third kappa shape index (κ3) is 2.30. The van der Waals surface area contributed by atoms with Gasteiger partial charge in [-0.15, -0.1) is 0 Å². The molecule has 3 nitrogen and oxygen atoms in total. The molecule has 2 aromatic carbocycles. The Hall–Kier alpha value is -2.62. The Bertz CT molecular complexity index is 997. The molecule has 0 saturated heterocycles. The minimum absolute atomic E-state index is 0.200. The Kier molecular flexibility index (Phi) is 3.41. The van der Waals surface area contributed by atoms with Crippen molar-refractivity contribution in [3.05, 3.63) is 65.1 Å². The van der Waals surface area contributed by atoms with E-state index in [-0.39, 0.29) is 22.1 Å². The second-order valence-corrected chi connectivity index (χ2v) is 6.28. The Morgan fingerprint density at radius 3 is 2.67 bits per heavy atom. The number of hydrogen-bond acceptors (Lipinski definition) is 3. The molecule has 1 fully saturated rings. The molecule has 1 aliphatic rings. The zero-order valence-electron chi connectivity index (χ0n) is 13.2. The van der Waals surface area contributed by atoms with E-state index in [4.69, 9.17) is 9.15 Å². The van der Waals surface area contributed by atoms with E-state index in [1.54, 1.807) is 30.3 Å². The van der Waals surface area contributed by atoms with Gasteiger partial charge < -0.3 is 9.15 Å². The van der Waals surface area contributed by atoms with Crippen molar-refractivity contribution >= 4 is 21.9 Å². The van der Waals surface area contributed by atoms with Crippen LogP contribution in [0.15, 0.2) is 58.3 Å². The van der Waals surface area contributed by atoms with Crippen LogP contribution in [0.4, 0.5) is 4.39 Å². The summed E-state index contributed by atoms with van der Waals surface area (Å²) in [7, 11) is 0. The molecule has 1 aromatic heterocycles. The molecule has 0 unspecified atom stereocenters. The topological polar surface area (TPSA) is 39.4 Å². The van der Waals surface area contributed by atoms with E-state index in [2.05, 4.69) is 6.58 Å². The standard InChI is InChI=1S/C20H17FO3/c1-2-20(9-5-6-10-20)24-17-12-13(21)11-16-18(17)19(22)14-7-3-4-8-15(14)23-16/h2-4,7-8,11-12H,1,5-6,9-10H2. The number of para-hydroxylation sites is 1. The van der Waals surface area contributed by atoms with Gasteiger partial charge in [-0.1, -0.05) is 18.7 Å². The summed E-state index contributed by atoms with van der Waals surface area (Å²) in [4.78, 5) is 12.9. The van der Waals surface area contributed by atoms with E-state index >= 15 is 0 Å². The van der Waals surface area contributed by atoms with Crippen molar-refractivity contribution in [3.8, 4) is 5.75 Å². The highest BCUT2D eigenvalue weighted by Crippen LogP contribution is 2.38. The summed E-state index contributed by atoms with van der Waals surface area (Å²) in [6.45, 7) is 3.87. The number of rotatable bonds is 3. The molecular weight excluding hydrogens is 307 g/mol. The van der Waals surface area contributed by atoms with E-state index in [1.807, 2.05) is 0 Å². The molecule has 0 radical (unpaired) electrons. The zero-order valence-corrected chi connectivity index (χ0v) is 13.2. The van der Waals surface area contributed by atoms with Crippen LogP contribution in [0, 0.1) is 5.82 Å². The van der Waals surface area contributed by atoms with Crippen LogP contribution in [0.2, 0.25) is 0 Å². The van der Waals surface area contributed by atoms with E-state index < -0.39 is 11.4 Å².